The Hall–Kier alpha value is -2.69. The van der Waals surface area contributed by atoms with Crippen LogP contribution in [-0.2, 0) is 11.2 Å². The Morgan fingerprint density at radius 2 is 1.95 bits per heavy atom. The van der Waals surface area contributed by atoms with Crippen LogP contribution in [0.1, 0.15) is 21.5 Å². The van der Waals surface area contributed by atoms with Crippen LogP contribution in [0, 0.1) is 12.8 Å². The highest BCUT2D eigenvalue weighted by molar-refractivity contribution is 5.94. The number of hydrogen-bond acceptors (Lipinski definition) is 3. The first kappa shape index (κ1) is 15.7. The molecule has 22 heavy (non-hydrogen) atoms. The van der Waals surface area contributed by atoms with Crippen LogP contribution in [0.15, 0.2) is 48.8 Å². The summed E-state index contributed by atoms with van der Waals surface area (Å²) in [7, 11) is 0. The molecule has 0 aliphatic heterocycles. The topological polar surface area (TPSA) is 79.3 Å². The quantitative estimate of drug-likeness (QED) is 0.855. The Balaban J connectivity index is 1.96. The summed E-state index contributed by atoms with van der Waals surface area (Å²) in [6.45, 7) is 2.06. The number of aliphatic carboxylic acids is 1. The highest BCUT2D eigenvalue weighted by Crippen LogP contribution is 2.10. The van der Waals surface area contributed by atoms with Gasteiger partial charge in [0.25, 0.3) is 5.91 Å². The summed E-state index contributed by atoms with van der Waals surface area (Å²) >= 11 is 0. The second-order valence-electron chi connectivity index (χ2n) is 5.18. The van der Waals surface area contributed by atoms with Crippen molar-refractivity contribution in [3.05, 3.63) is 65.5 Å². The largest absolute Gasteiger partial charge is 0.481 e. The summed E-state index contributed by atoms with van der Waals surface area (Å²) in [5, 5.41) is 12.0. The maximum atomic E-state index is 11.9. The second-order valence-corrected chi connectivity index (χ2v) is 5.18. The zero-order valence-electron chi connectivity index (χ0n) is 12.3. The first-order valence-corrected chi connectivity index (χ1v) is 7.03. The van der Waals surface area contributed by atoms with Gasteiger partial charge in [0.15, 0.2) is 0 Å². The van der Waals surface area contributed by atoms with Crippen molar-refractivity contribution in [2.24, 2.45) is 5.92 Å². The predicted molar refractivity (Wildman–Crippen MR) is 82.6 cm³/mol. The van der Waals surface area contributed by atoms with Crippen molar-refractivity contribution in [1.82, 2.24) is 10.3 Å². The molecule has 5 nitrogen and oxygen atoms in total. The van der Waals surface area contributed by atoms with Gasteiger partial charge >= 0.3 is 5.97 Å². The van der Waals surface area contributed by atoms with E-state index >= 15 is 0 Å². The predicted octanol–water partition coefficient (Wildman–Crippen LogP) is 2.06. The molecule has 1 heterocycles. The summed E-state index contributed by atoms with van der Waals surface area (Å²) in [4.78, 5) is 27.1. The molecule has 0 unspecified atom stereocenters. The average molecular weight is 298 g/mol. The standard InChI is InChI=1S/C17H18N2O3/c1-12-4-6-13(7-5-12)9-15(17(21)22)11-19-16(20)14-3-2-8-18-10-14/h2-8,10,15H,9,11H2,1H3,(H,19,20)(H,21,22)/t15-/m0/s1. The number of amides is 1. The van der Waals surface area contributed by atoms with E-state index in [1.807, 2.05) is 31.2 Å². The Labute approximate surface area is 129 Å². The van der Waals surface area contributed by atoms with Gasteiger partial charge in [-0.2, -0.15) is 0 Å². The molecule has 0 radical (unpaired) electrons. The van der Waals surface area contributed by atoms with Crippen LogP contribution in [0.25, 0.3) is 0 Å². The molecule has 2 N–H and O–H groups in total. The third kappa shape index (κ3) is 4.41. The smallest absolute Gasteiger partial charge is 0.308 e. The van der Waals surface area contributed by atoms with E-state index in [1.165, 1.54) is 6.20 Å². The van der Waals surface area contributed by atoms with Crippen LogP contribution in [-0.4, -0.2) is 28.5 Å². The molecule has 0 spiro atoms. The first-order valence-electron chi connectivity index (χ1n) is 7.03. The van der Waals surface area contributed by atoms with Crippen LogP contribution < -0.4 is 5.32 Å². The van der Waals surface area contributed by atoms with E-state index in [1.54, 1.807) is 18.3 Å². The van der Waals surface area contributed by atoms with E-state index in [-0.39, 0.29) is 12.5 Å². The molecule has 2 rings (SSSR count). The molecule has 1 amide bonds. The van der Waals surface area contributed by atoms with E-state index in [9.17, 15) is 14.7 Å². The van der Waals surface area contributed by atoms with E-state index in [2.05, 4.69) is 10.3 Å². The Bertz CT molecular complexity index is 639. The third-order valence-electron chi connectivity index (χ3n) is 3.38. The van der Waals surface area contributed by atoms with Gasteiger partial charge in [0.05, 0.1) is 11.5 Å². The number of rotatable bonds is 6. The van der Waals surface area contributed by atoms with Crippen molar-refractivity contribution in [2.75, 3.05) is 6.54 Å². The summed E-state index contributed by atoms with van der Waals surface area (Å²) in [6, 6.07) is 11.0. The molecule has 114 valence electrons. The van der Waals surface area contributed by atoms with Crippen molar-refractivity contribution in [3.63, 3.8) is 0 Å². The molecule has 0 aliphatic rings. The zero-order chi connectivity index (χ0) is 15.9. The lowest BCUT2D eigenvalue weighted by molar-refractivity contribution is -0.141. The number of hydrogen-bond donors (Lipinski definition) is 2. The van der Waals surface area contributed by atoms with Crippen LogP contribution >= 0.6 is 0 Å². The van der Waals surface area contributed by atoms with Gasteiger partial charge < -0.3 is 10.4 Å². The van der Waals surface area contributed by atoms with Gasteiger partial charge in [0, 0.05) is 18.9 Å². The van der Waals surface area contributed by atoms with Crippen molar-refractivity contribution >= 4 is 11.9 Å². The normalized spacial score (nSPS) is 11.7. The van der Waals surface area contributed by atoms with Gasteiger partial charge in [-0.05, 0) is 31.0 Å². The van der Waals surface area contributed by atoms with Crippen molar-refractivity contribution < 1.29 is 14.7 Å². The summed E-state index contributed by atoms with van der Waals surface area (Å²) in [6.07, 6.45) is 3.40. The van der Waals surface area contributed by atoms with Gasteiger partial charge in [-0.15, -0.1) is 0 Å². The van der Waals surface area contributed by atoms with Gasteiger partial charge in [0.1, 0.15) is 0 Å². The maximum absolute atomic E-state index is 11.9. The highest BCUT2D eigenvalue weighted by atomic mass is 16.4. The molecule has 1 aromatic heterocycles. The lowest BCUT2D eigenvalue weighted by Crippen LogP contribution is -2.34. The summed E-state index contributed by atoms with van der Waals surface area (Å²) in [5.74, 6) is -1.90. The molecular formula is C17H18N2O3. The fourth-order valence-electron chi connectivity index (χ4n) is 2.07. The van der Waals surface area contributed by atoms with Gasteiger partial charge in [0.2, 0.25) is 0 Å². The fourth-order valence-corrected chi connectivity index (χ4v) is 2.07. The molecule has 0 saturated heterocycles. The van der Waals surface area contributed by atoms with Crippen LogP contribution in [0.5, 0.6) is 0 Å². The first-order chi connectivity index (χ1) is 10.6. The monoisotopic (exact) mass is 298 g/mol. The van der Waals surface area contributed by atoms with Gasteiger partial charge in [-0.1, -0.05) is 29.8 Å². The minimum absolute atomic E-state index is 0.0803. The van der Waals surface area contributed by atoms with Gasteiger partial charge in [-0.25, -0.2) is 0 Å². The number of aromatic nitrogens is 1. The van der Waals surface area contributed by atoms with Crippen LogP contribution in [0.4, 0.5) is 0 Å². The number of carboxylic acid groups (broad SMARTS) is 1. The Morgan fingerprint density at radius 1 is 1.23 bits per heavy atom. The number of carbonyl (C=O) groups excluding carboxylic acids is 1. The summed E-state index contributed by atoms with van der Waals surface area (Å²) in [5.41, 5.74) is 2.48. The molecule has 0 aliphatic carbocycles. The molecule has 0 saturated carbocycles. The molecule has 5 heteroatoms. The average Bonchev–Trinajstić information content (AvgIpc) is 2.53. The SMILES string of the molecule is Cc1ccc(C[C@@H](CNC(=O)c2cccnc2)C(=O)O)cc1. The minimum atomic E-state index is -0.924. The van der Waals surface area contributed by atoms with E-state index in [4.69, 9.17) is 0 Å². The number of benzene rings is 1. The van der Waals surface area contributed by atoms with E-state index in [0.717, 1.165) is 11.1 Å². The number of aryl methyl sites for hydroxylation is 1. The second kappa shape index (κ2) is 7.36. The number of carbonyl (C=O) groups is 2. The number of carboxylic acids is 1. The number of nitrogens with one attached hydrogen (secondary N) is 1. The van der Waals surface area contributed by atoms with Crippen molar-refractivity contribution in [3.8, 4) is 0 Å². The van der Waals surface area contributed by atoms with Gasteiger partial charge in [-0.3, -0.25) is 14.6 Å². The minimum Gasteiger partial charge on any atom is -0.481 e. The lowest BCUT2D eigenvalue weighted by atomic mass is 9.98. The lowest BCUT2D eigenvalue weighted by Gasteiger charge is -2.13. The van der Waals surface area contributed by atoms with Crippen LogP contribution in [0.3, 0.4) is 0 Å². The summed E-state index contributed by atoms with van der Waals surface area (Å²) < 4.78 is 0. The van der Waals surface area contributed by atoms with Crippen molar-refractivity contribution in [2.45, 2.75) is 13.3 Å². The van der Waals surface area contributed by atoms with Crippen LogP contribution in [0.2, 0.25) is 0 Å². The Kier molecular flexibility index (Phi) is 5.25. The molecule has 1 atom stereocenters. The third-order valence-corrected chi connectivity index (χ3v) is 3.38. The molecule has 2 aromatic rings. The molecule has 0 bridgehead atoms. The van der Waals surface area contributed by atoms with E-state index < -0.39 is 11.9 Å². The number of pyridine rings is 1. The van der Waals surface area contributed by atoms with Crippen molar-refractivity contribution in [1.29, 1.82) is 0 Å². The highest BCUT2D eigenvalue weighted by Gasteiger charge is 2.19. The zero-order valence-corrected chi connectivity index (χ0v) is 12.3. The molecule has 0 fully saturated rings. The maximum Gasteiger partial charge on any atom is 0.308 e. The molecular weight excluding hydrogens is 280 g/mol. The molecule has 1 aromatic carbocycles. The fraction of sp³-hybridized carbons (Fsp3) is 0.235. The van der Waals surface area contributed by atoms with E-state index in [0.29, 0.717) is 12.0 Å². The Morgan fingerprint density at radius 3 is 2.55 bits per heavy atom. The number of nitrogens with zero attached hydrogens (tertiary/aromatic N) is 1.